The molecule has 0 atom stereocenters. The van der Waals surface area contributed by atoms with Gasteiger partial charge in [-0.2, -0.15) is 0 Å². The minimum absolute atomic E-state index is 0.703. The summed E-state index contributed by atoms with van der Waals surface area (Å²) in [4.78, 5) is 2.27. The molecule has 2 aromatic rings. The zero-order valence-electron chi connectivity index (χ0n) is 12.2. The van der Waals surface area contributed by atoms with Crippen molar-refractivity contribution in [3.05, 3.63) is 59.7 Å². The standard InChI is InChI=1S/C17H22N2O/c1-3-20-17-9-7-14(8-10-17)12-19(2)13-15-5-4-6-16(18)11-15/h4-11H,3,12-13,18H2,1-2H3. The fraction of sp³-hybridized carbons (Fsp3) is 0.294. The van der Waals surface area contributed by atoms with Gasteiger partial charge in [-0.25, -0.2) is 0 Å². The maximum absolute atomic E-state index is 5.80. The summed E-state index contributed by atoms with van der Waals surface area (Å²) >= 11 is 0. The summed E-state index contributed by atoms with van der Waals surface area (Å²) in [7, 11) is 2.11. The van der Waals surface area contributed by atoms with Gasteiger partial charge in [0.1, 0.15) is 5.75 Å². The first kappa shape index (κ1) is 14.4. The lowest BCUT2D eigenvalue weighted by molar-refractivity contribution is 0.318. The summed E-state index contributed by atoms with van der Waals surface area (Å²) in [5, 5.41) is 0. The van der Waals surface area contributed by atoms with Crippen LogP contribution >= 0.6 is 0 Å². The molecule has 0 aliphatic carbocycles. The van der Waals surface area contributed by atoms with E-state index in [0.29, 0.717) is 6.61 Å². The van der Waals surface area contributed by atoms with Crippen molar-refractivity contribution in [2.75, 3.05) is 19.4 Å². The highest BCUT2D eigenvalue weighted by molar-refractivity contribution is 5.40. The summed E-state index contributed by atoms with van der Waals surface area (Å²) in [6.45, 7) is 4.49. The summed E-state index contributed by atoms with van der Waals surface area (Å²) < 4.78 is 5.45. The van der Waals surface area contributed by atoms with E-state index in [1.54, 1.807) is 0 Å². The second-order valence-corrected chi connectivity index (χ2v) is 4.99. The van der Waals surface area contributed by atoms with E-state index in [4.69, 9.17) is 10.5 Å². The molecule has 0 saturated heterocycles. The molecule has 3 heteroatoms. The quantitative estimate of drug-likeness (QED) is 0.819. The lowest BCUT2D eigenvalue weighted by Crippen LogP contribution is -2.17. The number of benzene rings is 2. The number of hydrogen-bond acceptors (Lipinski definition) is 3. The average molecular weight is 270 g/mol. The molecule has 2 aromatic carbocycles. The second kappa shape index (κ2) is 6.96. The predicted octanol–water partition coefficient (Wildman–Crippen LogP) is 3.30. The van der Waals surface area contributed by atoms with Crippen molar-refractivity contribution >= 4 is 5.69 Å². The Bertz CT molecular complexity index is 537. The third-order valence-corrected chi connectivity index (χ3v) is 3.09. The van der Waals surface area contributed by atoms with Gasteiger partial charge in [-0.3, -0.25) is 4.90 Å². The van der Waals surface area contributed by atoms with Crippen molar-refractivity contribution in [1.82, 2.24) is 4.90 Å². The lowest BCUT2D eigenvalue weighted by Gasteiger charge is -2.17. The zero-order valence-corrected chi connectivity index (χ0v) is 12.2. The van der Waals surface area contributed by atoms with Gasteiger partial charge in [-0.1, -0.05) is 24.3 Å². The molecule has 0 amide bonds. The first-order valence-corrected chi connectivity index (χ1v) is 6.92. The monoisotopic (exact) mass is 270 g/mol. The van der Waals surface area contributed by atoms with Gasteiger partial charge in [0.2, 0.25) is 0 Å². The van der Waals surface area contributed by atoms with E-state index in [2.05, 4.69) is 30.1 Å². The summed E-state index contributed by atoms with van der Waals surface area (Å²) in [6.07, 6.45) is 0. The molecule has 0 heterocycles. The first-order chi connectivity index (χ1) is 9.67. The number of rotatable bonds is 6. The van der Waals surface area contributed by atoms with Crippen LogP contribution in [0.5, 0.6) is 5.75 Å². The molecule has 0 radical (unpaired) electrons. The van der Waals surface area contributed by atoms with Crippen LogP contribution in [-0.4, -0.2) is 18.6 Å². The van der Waals surface area contributed by atoms with Crippen LogP contribution in [0.3, 0.4) is 0 Å². The maximum Gasteiger partial charge on any atom is 0.119 e. The fourth-order valence-corrected chi connectivity index (χ4v) is 2.23. The van der Waals surface area contributed by atoms with Gasteiger partial charge in [-0.05, 0) is 49.4 Å². The highest BCUT2D eigenvalue weighted by atomic mass is 16.5. The predicted molar refractivity (Wildman–Crippen MR) is 83.6 cm³/mol. The third kappa shape index (κ3) is 4.28. The van der Waals surface area contributed by atoms with E-state index in [9.17, 15) is 0 Å². The SMILES string of the molecule is CCOc1ccc(CN(C)Cc2cccc(N)c2)cc1. The minimum Gasteiger partial charge on any atom is -0.494 e. The molecule has 0 aliphatic rings. The van der Waals surface area contributed by atoms with Crippen LogP contribution in [-0.2, 0) is 13.1 Å². The Morgan fingerprint density at radius 3 is 2.35 bits per heavy atom. The topological polar surface area (TPSA) is 38.5 Å². The highest BCUT2D eigenvalue weighted by Gasteiger charge is 2.03. The molecule has 0 unspecified atom stereocenters. The number of ether oxygens (including phenoxy) is 1. The van der Waals surface area contributed by atoms with Gasteiger partial charge in [0.15, 0.2) is 0 Å². The Hall–Kier alpha value is -2.00. The molecule has 106 valence electrons. The number of nitrogens with zero attached hydrogens (tertiary/aromatic N) is 1. The molecule has 3 nitrogen and oxygen atoms in total. The van der Waals surface area contributed by atoms with Crippen LogP contribution in [0.15, 0.2) is 48.5 Å². The normalized spacial score (nSPS) is 10.8. The maximum atomic E-state index is 5.80. The van der Waals surface area contributed by atoms with Gasteiger partial charge < -0.3 is 10.5 Å². The van der Waals surface area contributed by atoms with E-state index in [1.165, 1.54) is 11.1 Å². The van der Waals surface area contributed by atoms with Crippen LogP contribution in [0.25, 0.3) is 0 Å². The first-order valence-electron chi connectivity index (χ1n) is 6.92. The van der Waals surface area contributed by atoms with Crippen molar-refractivity contribution in [1.29, 1.82) is 0 Å². The van der Waals surface area contributed by atoms with Crippen molar-refractivity contribution in [2.24, 2.45) is 0 Å². The second-order valence-electron chi connectivity index (χ2n) is 4.99. The van der Waals surface area contributed by atoms with Crippen LogP contribution < -0.4 is 10.5 Å². The smallest absolute Gasteiger partial charge is 0.119 e. The zero-order chi connectivity index (χ0) is 14.4. The van der Waals surface area contributed by atoms with Crippen molar-refractivity contribution < 1.29 is 4.74 Å². The Labute approximate surface area is 121 Å². The van der Waals surface area contributed by atoms with E-state index >= 15 is 0 Å². The minimum atomic E-state index is 0.703. The average Bonchev–Trinajstić information content (AvgIpc) is 2.41. The third-order valence-electron chi connectivity index (χ3n) is 3.09. The molecule has 0 aromatic heterocycles. The summed E-state index contributed by atoms with van der Waals surface area (Å²) in [6, 6.07) is 16.3. The summed E-state index contributed by atoms with van der Waals surface area (Å²) in [5.41, 5.74) is 9.13. The van der Waals surface area contributed by atoms with Crippen LogP contribution in [0.4, 0.5) is 5.69 Å². The van der Waals surface area contributed by atoms with Gasteiger partial charge in [0.05, 0.1) is 6.61 Å². The molecule has 0 spiro atoms. The fourth-order valence-electron chi connectivity index (χ4n) is 2.23. The van der Waals surface area contributed by atoms with E-state index in [1.807, 2.05) is 37.3 Å². The van der Waals surface area contributed by atoms with Crippen molar-refractivity contribution in [3.8, 4) is 5.75 Å². The van der Waals surface area contributed by atoms with Gasteiger partial charge in [-0.15, -0.1) is 0 Å². The Morgan fingerprint density at radius 1 is 1.00 bits per heavy atom. The number of nitrogen functional groups attached to an aromatic ring is 1. The van der Waals surface area contributed by atoms with Gasteiger partial charge >= 0.3 is 0 Å². The van der Waals surface area contributed by atoms with E-state index in [-0.39, 0.29) is 0 Å². The molecular weight excluding hydrogens is 248 g/mol. The molecule has 2 rings (SSSR count). The van der Waals surface area contributed by atoms with Crippen molar-refractivity contribution in [3.63, 3.8) is 0 Å². The Morgan fingerprint density at radius 2 is 1.70 bits per heavy atom. The Balaban J connectivity index is 1.92. The Kier molecular flexibility index (Phi) is 5.02. The van der Waals surface area contributed by atoms with Gasteiger partial charge in [0.25, 0.3) is 0 Å². The number of nitrogens with two attached hydrogens (primary N) is 1. The van der Waals surface area contributed by atoms with E-state index < -0.39 is 0 Å². The molecule has 0 aliphatic heterocycles. The molecular formula is C17H22N2O. The lowest BCUT2D eigenvalue weighted by atomic mass is 10.1. The van der Waals surface area contributed by atoms with Crippen LogP contribution in [0, 0.1) is 0 Å². The molecule has 0 bridgehead atoms. The molecule has 0 saturated carbocycles. The van der Waals surface area contributed by atoms with Crippen LogP contribution in [0.1, 0.15) is 18.1 Å². The highest BCUT2D eigenvalue weighted by Crippen LogP contribution is 2.15. The number of anilines is 1. The molecule has 2 N–H and O–H groups in total. The molecule has 0 fully saturated rings. The summed E-state index contributed by atoms with van der Waals surface area (Å²) in [5.74, 6) is 0.926. The van der Waals surface area contributed by atoms with Gasteiger partial charge in [0, 0.05) is 18.8 Å². The van der Waals surface area contributed by atoms with E-state index in [0.717, 1.165) is 24.5 Å². The van der Waals surface area contributed by atoms with Crippen molar-refractivity contribution in [2.45, 2.75) is 20.0 Å². The van der Waals surface area contributed by atoms with Crippen LogP contribution in [0.2, 0.25) is 0 Å². The largest absolute Gasteiger partial charge is 0.494 e. The molecule has 20 heavy (non-hydrogen) atoms. The number of hydrogen-bond donors (Lipinski definition) is 1.